The molecule has 146 valence electrons. The topological polar surface area (TPSA) is 60.5 Å². The lowest BCUT2D eigenvalue weighted by molar-refractivity contribution is -0.132. The second kappa shape index (κ2) is 8.95. The number of benzene rings is 1. The molecule has 0 radical (unpaired) electrons. The Hall–Kier alpha value is -1.76. The number of anilines is 1. The van der Waals surface area contributed by atoms with Crippen molar-refractivity contribution in [1.82, 2.24) is 4.98 Å². The van der Waals surface area contributed by atoms with E-state index in [2.05, 4.69) is 42.3 Å². The van der Waals surface area contributed by atoms with Crippen LogP contribution in [-0.4, -0.2) is 36.3 Å². The molecule has 0 spiro atoms. The summed E-state index contributed by atoms with van der Waals surface area (Å²) in [4.78, 5) is 17.3. The summed E-state index contributed by atoms with van der Waals surface area (Å²) >= 11 is 1.43. The van der Waals surface area contributed by atoms with Crippen molar-refractivity contribution < 1.29 is 14.3 Å². The lowest BCUT2D eigenvalue weighted by Crippen LogP contribution is -2.36. The van der Waals surface area contributed by atoms with Gasteiger partial charge in [0.15, 0.2) is 5.13 Å². The molecule has 1 aliphatic heterocycles. The Kier molecular flexibility index (Phi) is 6.63. The molecular weight excluding hydrogens is 360 g/mol. The molecule has 5 nitrogen and oxygen atoms in total. The predicted octanol–water partition coefficient (Wildman–Crippen LogP) is 4.59. The fourth-order valence-corrected chi connectivity index (χ4v) is 3.82. The molecule has 3 rings (SSSR count). The Labute approximate surface area is 165 Å². The molecule has 0 aliphatic carbocycles. The summed E-state index contributed by atoms with van der Waals surface area (Å²) in [5, 5.41) is 5.48. The molecule has 1 N–H and O–H groups in total. The lowest BCUT2D eigenvalue weighted by atomic mass is 10.1. The fraction of sp³-hybridized carbons (Fsp3) is 0.524. The van der Waals surface area contributed by atoms with Crippen molar-refractivity contribution in [3.8, 4) is 11.3 Å². The molecule has 0 saturated carbocycles. The van der Waals surface area contributed by atoms with Gasteiger partial charge in [-0.3, -0.25) is 10.1 Å². The van der Waals surface area contributed by atoms with E-state index >= 15 is 0 Å². The smallest absolute Gasteiger partial charge is 0.255 e. The molecule has 6 heteroatoms. The first-order valence-electron chi connectivity index (χ1n) is 9.51. The van der Waals surface area contributed by atoms with Gasteiger partial charge in [-0.15, -0.1) is 11.3 Å². The highest BCUT2D eigenvalue weighted by molar-refractivity contribution is 7.14. The Balaban J connectivity index is 1.63. The second-order valence-electron chi connectivity index (χ2n) is 7.46. The summed E-state index contributed by atoms with van der Waals surface area (Å²) in [6.07, 6.45) is 1.66. The van der Waals surface area contributed by atoms with Crippen LogP contribution in [0, 0.1) is 19.8 Å². The van der Waals surface area contributed by atoms with Gasteiger partial charge in [-0.1, -0.05) is 26.0 Å². The normalized spacial score (nSPS) is 18.0. The first-order valence-corrected chi connectivity index (χ1v) is 10.4. The predicted molar refractivity (Wildman–Crippen MR) is 109 cm³/mol. The highest BCUT2D eigenvalue weighted by Gasteiger charge is 2.26. The third-order valence-corrected chi connectivity index (χ3v) is 5.64. The van der Waals surface area contributed by atoms with Crippen LogP contribution in [0.3, 0.4) is 0 Å². The van der Waals surface area contributed by atoms with E-state index in [1.54, 1.807) is 0 Å². The fourth-order valence-electron chi connectivity index (χ4n) is 3.10. The van der Waals surface area contributed by atoms with E-state index in [0.29, 0.717) is 11.7 Å². The van der Waals surface area contributed by atoms with Crippen LogP contribution in [0.4, 0.5) is 5.13 Å². The number of rotatable bonds is 7. The van der Waals surface area contributed by atoms with Crippen LogP contribution in [-0.2, 0) is 14.3 Å². The van der Waals surface area contributed by atoms with Crippen molar-refractivity contribution in [2.24, 2.45) is 5.92 Å². The largest absolute Gasteiger partial charge is 0.376 e. The summed E-state index contributed by atoms with van der Waals surface area (Å²) in [5.41, 5.74) is 4.42. The molecule has 27 heavy (non-hydrogen) atoms. The molecule has 1 aromatic heterocycles. The zero-order chi connectivity index (χ0) is 19.4. The number of hydrogen-bond donors (Lipinski definition) is 1. The van der Waals surface area contributed by atoms with Crippen molar-refractivity contribution in [2.45, 2.75) is 52.7 Å². The number of ether oxygens (including phenoxy) is 2. The molecule has 2 atom stereocenters. The van der Waals surface area contributed by atoms with Crippen LogP contribution < -0.4 is 5.32 Å². The van der Waals surface area contributed by atoms with E-state index in [-0.39, 0.29) is 17.9 Å². The van der Waals surface area contributed by atoms with E-state index in [9.17, 15) is 4.79 Å². The van der Waals surface area contributed by atoms with Gasteiger partial charge >= 0.3 is 0 Å². The van der Waals surface area contributed by atoms with Crippen LogP contribution in [0.5, 0.6) is 0 Å². The van der Waals surface area contributed by atoms with Gasteiger partial charge in [0, 0.05) is 17.6 Å². The number of carbonyl (C=O) groups is 1. The number of nitrogens with one attached hydrogen (secondary N) is 1. The molecule has 0 unspecified atom stereocenters. The highest BCUT2D eigenvalue weighted by Crippen LogP contribution is 2.27. The van der Waals surface area contributed by atoms with Gasteiger partial charge in [-0.25, -0.2) is 4.98 Å². The van der Waals surface area contributed by atoms with E-state index in [1.165, 1.54) is 22.5 Å². The molecule has 2 aromatic rings. The summed E-state index contributed by atoms with van der Waals surface area (Å²) < 4.78 is 11.5. The van der Waals surface area contributed by atoms with Crippen molar-refractivity contribution in [3.63, 3.8) is 0 Å². The first kappa shape index (κ1) is 20.0. The van der Waals surface area contributed by atoms with Crippen LogP contribution in [0.25, 0.3) is 11.3 Å². The average molecular weight is 389 g/mol. The Morgan fingerprint density at radius 3 is 2.85 bits per heavy atom. The lowest BCUT2D eigenvalue weighted by Gasteiger charge is -2.22. The SMILES string of the molecule is Cc1ccc(-c2csc(NC(=O)[C@@H](OC[C@H]3CCCO3)C(C)C)n2)cc1C. The standard InChI is InChI=1S/C21H28N2O3S/c1-13(2)19(26-11-17-6-5-9-25-17)20(24)23-21-22-18(12-27-21)16-8-7-14(3)15(4)10-16/h7-8,10,12-13,17,19H,5-6,9,11H2,1-4H3,(H,22,23,24)/t17-,19+/m1/s1. The summed E-state index contributed by atoms with van der Waals surface area (Å²) in [6, 6.07) is 6.28. The maximum absolute atomic E-state index is 12.7. The number of carbonyl (C=O) groups excluding carboxylic acids is 1. The number of aryl methyl sites for hydroxylation is 2. The number of hydrogen-bond acceptors (Lipinski definition) is 5. The molecule has 1 saturated heterocycles. The van der Waals surface area contributed by atoms with Crippen LogP contribution in [0.15, 0.2) is 23.6 Å². The molecular formula is C21H28N2O3S. The zero-order valence-corrected chi connectivity index (χ0v) is 17.3. The number of aromatic nitrogens is 1. The molecule has 2 heterocycles. The van der Waals surface area contributed by atoms with E-state index in [4.69, 9.17) is 9.47 Å². The number of thiazole rings is 1. The van der Waals surface area contributed by atoms with E-state index in [0.717, 1.165) is 30.7 Å². The Morgan fingerprint density at radius 1 is 1.37 bits per heavy atom. The molecule has 0 bridgehead atoms. The van der Waals surface area contributed by atoms with E-state index < -0.39 is 6.10 Å². The van der Waals surface area contributed by atoms with Crippen LogP contribution >= 0.6 is 11.3 Å². The first-order chi connectivity index (χ1) is 12.9. The van der Waals surface area contributed by atoms with Gasteiger partial charge in [-0.2, -0.15) is 0 Å². The zero-order valence-electron chi connectivity index (χ0n) is 16.5. The molecule has 1 fully saturated rings. The van der Waals surface area contributed by atoms with Gasteiger partial charge in [0.1, 0.15) is 6.10 Å². The maximum atomic E-state index is 12.7. The minimum Gasteiger partial charge on any atom is -0.376 e. The van der Waals surface area contributed by atoms with Crippen molar-refractivity contribution in [2.75, 3.05) is 18.5 Å². The summed E-state index contributed by atoms with van der Waals surface area (Å²) in [7, 11) is 0. The van der Waals surface area contributed by atoms with Gasteiger partial charge in [0.05, 0.1) is 18.4 Å². The maximum Gasteiger partial charge on any atom is 0.255 e. The molecule has 1 aliphatic rings. The quantitative estimate of drug-likeness (QED) is 0.754. The molecule has 1 amide bonds. The van der Waals surface area contributed by atoms with Crippen molar-refractivity contribution in [3.05, 3.63) is 34.7 Å². The van der Waals surface area contributed by atoms with Gasteiger partial charge in [0.25, 0.3) is 5.91 Å². The third kappa shape index (κ3) is 5.15. The van der Waals surface area contributed by atoms with Gasteiger partial charge < -0.3 is 9.47 Å². The number of nitrogens with zero attached hydrogens (tertiary/aromatic N) is 1. The third-order valence-electron chi connectivity index (χ3n) is 4.89. The number of amides is 1. The monoisotopic (exact) mass is 388 g/mol. The Bertz CT molecular complexity index is 781. The highest BCUT2D eigenvalue weighted by atomic mass is 32.1. The van der Waals surface area contributed by atoms with E-state index in [1.807, 2.05) is 19.2 Å². The minimum absolute atomic E-state index is 0.0746. The summed E-state index contributed by atoms with van der Waals surface area (Å²) in [6.45, 7) is 9.40. The summed E-state index contributed by atoms with van der Waals surface area (Å²) in [5.74, 6) is -0.0745. The van der Waals surface area contributed by atoms with Gasteiger partial charge in [0.2, 0.25) is 0 Å². The van der Waals surface area contributed by atoms with Crippen molar-refractivity contribution in [1.29, 1.82) is 0 Å². The average Bonchev–Trinajstić information content (AvgIpc) is 3.29. The molecule has 1 aromatic carbocycles. The second-order valence-corrected chi connectivity index (χ2v) is 8.32. The van der Waals surface area contributed by atoms with Gasteiger partial charge in [-0.05, 0) is 49.8 Å². The Morgan fingerprint density at radius 2 is 2.19 bits per heavy atom. The van der Waals surface area contributed by atoms with Crippen molar-refractivity contribution >= 4 is 22.4 Å². The minimum atomic E-state index is -0.511. The van der Waals surface area contributed by atoms with Crippen LogP contribution in [0.1, 0.15) is 37.8 Å². The van der Waals surface area contributed by atoms with Crippen LogP contribution in [0.2, 0.25) is 0 Å².